The quantitative estimate of drug-likeness (QED) is 0.840. The first-order chi connectivity index (χ1) is 8.58. The number of aliphatic hydroxyl groups excluding tert-OH is 1. The Bertz CT molecular complexity index is 471. The SMILES string of the molecule is CC(C)CC(CN)(CO)Cc1cn2ccsc2n1. The predicted molar refractivity (Wildman–Crippen MR) is 74.8 cm³/mol. The van der Waals surface area contributed by atoms with Gasteiger partial charge in [-0.05, 0) is 12.3 Å². The van der Waals surface area contributed by atoms with Crippen molar-refractivity contribution >= 4 is 16.3 Å². The minimum Gasteiger partial charge on any atom is -0.396 e. The third kappa shape index (κ3) is 2.74. The highest BCUT2D eigenvalue weighted by Gasteiger charge is 2.30. The summed E-state index contributed by atoms with van der Waals surface area (Å²) < 4.78 is 2.02. The fourth-order valence-corrected chi connectivity index (χ4v) is 3.24. The van der Waals surface area contributed by atoms with Gasteiger partial charge in [-0.3, -0.25) is 4.40 Å². The van der Waals surface area contributed by atoms with Crippen LogP contribution in [0.4, 0.5) is 0 Å². The summed E-state index contributed by atoms with van der Waals surface area (Å²) >= 11 is 1.62. The lowest BCUT2D eigenvalue weighted by Gasteiger charge is -2.31. The van der Waals surface area contributed by atoms with E-state index < -0.39 is 0 Å². The zero-order valence-corrected chi connectivity index (χ0v) is 11.8. The fraction of sp³-hybridized carbons (Fsp3) is 0.615. The molecule has 100 valence electrons. The molecule has 0 aromatic carbocycles. The van der Waals surface area contributed by atoms with Gasteiger partial charge in [0.15, 0.2) is 4.96 Å². The van der Waals surface area contributed by atoms with Crippen LogP contribution in [-0.4, -0.2) is 27.6 Å². The molecule has 0 fully saturated rings. The van der Waals surface area contributed by atoms with Crippen molar-refractivity contribution in [2.24, 2.45) is 17.1 Å². The molecule has 0 saturated heterocycles. The van der Waals surface area contributed by atoms with Crippen molar-refractivity contribution in [3.63, 3.8) is 0 Å². The number of nitrogens with zero attached hydrogens (tertiary/aromatic N) is 2. The molecule has 0 aliphatic heterocycles. The molecule has 5 heteroatoms. The highest BCUT2D eigenvalue weighted by molar-refractivity contribution is 7.15. The molecule has 0 amide bonds. The van der Waals surface area contributed by atoms with E-state index in [1.807, 2.05) is 22.2 Å². The summed E-state index contributed by atoms with van der Waals surface area (Å²) in [4.78, 5) is 5.57. The van der Waals surface area contributed by atoms with E-state index in [-0.39, 0.29) is 12.0 Å². The monoisotopic (exact) mass is 267 g/mol. The van der Waals surface area contributed by atoms with Gasteiger partial charge in [-0.15, -0.1) is 11.3 Å². The Balaban J connectivity index is 2.20. The highest BCUT2D eigenvalue weighted by atomic mass is 32.1. The van der Waals surface area contributed by atoms with Gasteiger partial charge in [-0.1, -0.05) is 13.8 Å². The van der Waals surface area contributed by atoms with Gasteiger partial charge in [-0.2, -0.15) is 0 Å². The fourth-order valence-electron chi connectivity index (χ4n) is 2.52. The molecule has 0 radical (unpaired) electrons. The number of aromatic nitrogens is 2. The van der Waals surface area contributed by atoms with Crippen LogP contribution in [0.25, 0.3) is 4.96 Å². The summed E-state index contributed by atoms with van der Waals surface area (Å²) in [5.41, 5.74) is 6.67. The van der Waals surface area contributed by atoms with E-state index in [9.17, 15) is 5.11 Å². The van der Waals surface area contributed by atoms with Crippen LogP contribution < -0.4 is 5.73 Å². The first-order valence-corrected chi connectivity index (χ1v) is 7.18. The Morgan fingerprint density at radius 2 is 2.33 bits per heavy atom. The lowest BCUT2D eigenvalue weighted by molar-refractivity contribution is 0.107. The average Bonchev–Trinajstić information content (AvgIpc) is 2.87. The molecular formula is C13H21N3OS. The van der Waals surface area contributed by atoms with Crippen molar-refractivity contribution in [1.29, 1.82) is 0 Å². The van der Waals surface area contributed by atoms with E-state index in [1.165, 1.54) is 0 Å². The first-order valence-electron chi connectivity index (χ1n) is 6.30. The van der Waals surface area contributed by atoms with Gasteiger partial charge in [0, 0.05) is 36.2 Å². The zero-order chi connectivity index (χ0) is 13.2. The molecule has 4 nitrogen and oxygen atoms in total. The lowest BCUT2D eigenvalue weighted by Crippen LogP contribution is -2.37. The second-order valence-corrected chi connectivity index (χ2v) is 6.34. The summed E-state index contributed by atoms with van der Waals surface area (Å²) in [6.07, 6.45) is 5.70. The third-order valence-electron chi connectivity index (χ3n) is 3.31. The third-order valence-corrected chi connectivity index (χ3v) is 4.08. The maximum atomic E-state index is 9.70. The number of aliphatic hydroxyl groups is 1. The molecule has 1 atom stereocenters. The normalized spacial score (nSPS) is 15.4. The molecule has 2 aromatic heterocycles. The van der Waals surface area contributed by atoms with Gasteiger partial charge < -0.3 is 10.8 Å². The van der Waals surface area contributed by atoms with Crippen LogP contribution in [0.15, 0.2) is 17.8 Å². The van der Waals surface area contributed by atoms with Crippen molar-refractivity contribution < 1.29 is 5.11 Å². The highest BCUT2D eigenvalue weighted by Crippen LogP contribution is 2.29. The number of hydrogen-bond acceptors (Lipinski definition) is 4. The van der Waals surface area contributed by atoms with E-state index in [0.29, 0.717) is 12.5 Å². The zero-order valence-electron chi connectivity index (χ0n) is 11.0. The Kier molecular flexibility index (Phi) is 4.04. The Hall–Kier alpha value is -0.910. The first kappa shape index (κ1) is 13.5. The molecule has 0 aliphatic rings. The van der Waals surface area contributed by atoms with E-state index in [2.05, 4.69) is 18.8 Å². The minimum absolute atomic E-state index is 0.118. The number of hydrogen-bond donors (Lipinski definition) is 2. The summed E-state index contributed by atoms with van der Waals surface area (Å²) in [6, 6.07) is 0. The maximum Gasteiger partial charge on any atom is 0.193 e. The van der Waals surface area contributed by atoms with E-state index in [0.717, 1.165) is 23.5 Å². The Morgan fingerprint density at radius 1 is 1.56 bits per heavy atom. The van der Waals surface area contributed by atoms with Gasteiger partial charge in [0.2, 0.25) is 0 Å². The topological polar surface area (TPSA) is 63.5 Å². The van der Waals surface area contributed by atoms with Crippen molar-refractivity contribution in [2.45, 2.75) is 26.7 Å². The summed E-state index contributed by atoms with van der Waals surface area (Å²) in [6.45, 7) is 4.93. The van der Waals surface area contributed by atoms with Gasteiger partial charge in [-0.25, -0.2) is 4.98 Å². The second-order valence-electron chi connectivity index (χ2n) is 5.46. The Morgan fingerprint density at radius 3 is 2.89 bits per heavy atom. The van der Waals surface area contributed by atoms with Crippen molar-refractivity contribution in [2.75, 3.05) is 13.2 Å². The molecule has 0 saturated carbocycles. The van der Waals surface area contributed by atoms with Gasteiger partial charge in [0.25, 0.3) is 0 Å². The molecule has 0 bridgehead atoms. The van der Waals surface area contributed by atoms with E-state index in [4.69, 9.17) is 5.73 Å². The van der Waals surface area contributed by atoms with Crippen molar-refractivity contribution in [1.82, 2.24) is 9.38 Å². The molecule has 18 heavy (non-hydrogen) atoms. The maximum absolute atomic E-state index is 9.70. The van der Waals surface area contributed by atoms with Crippen LogP contribution in [0.3, 0.4) is 0 Å². The Labute approximate surface area is 111 Å². The molecule has 0 aliphatic carbocycles. The van der Waals surface area contributed by atoms with Crippen LogP contribution in [-0.2, 0) is 6.42 Å². The summed E-state index contributed by atoms with van der Waals surface area (Å²) in [7, 11) is 0. The average molecular weight is 267 g/mol. The van der Waals surface area contributed by atoms with Crippen molar-refractivity contribution in [3.8, 4) is 0 Å². The summed E-state index contributed by atoms with van der Waals surface area (Å²) in [5, 5.41) is 11.7. The van der Waals surface area contributed by atoms with E-state index in [1.54, 1.807) is 11.3 Å². The van der Waals surface area contributed by atoms with E-state index >= 15 is 0 Å². The number of fused-ring (bicyclic) bond motifs is 1. The van der Waals surface area contributed by atoms with Crippen LogP contribution in [0.5, 0.6) is 0 Å². The van der Waals surface area contributed by atoms with Gasteiger partial charge in [0.05, 0.1) is 12.3 Å². The minimum atomic E-state index is -0.238. The molecule has 1 unspecified atom stereocenters. The lowest BCUT2D eigenvalue weighted by atomic mass is 9.77. The second kappa shape index (κ2) is 5.38. The van der Waals surface area contributed by atoms with Crippen LogP contribution >= 0.6 is 11.3 Å². The molecular weight excluding hydrogens is 246 g/mol. The predicted octanol–water partition coefficient (Wildman–Crippen LogP) is 1.92. The number of nitrogens with two attached hydrogens (primary N) is 1. The molecule has 3 N–H and O–H groups in total. The number of rotatable bonds is 6. The largest absolute Gasteiger partial charge is 0.396 e. The molecule has 2 aromatic rings. The van der Waals surface area contributed by atoms with Crippen LogP contribution in [0, 0.1) is 11.3 Å². The van der Waals surface area contributed by atoms with Crippen LogP contribution in [0.2, 0.25) is 0 Å². The standard InChI is InChI=1S/C13H21N3OS/c1-10(2)5-13(8-14,9-17)6-11-7-16-3-4-18-12(16)15-11/h3-4,7,10,17H,5-6,8-9,14H2,1-2H3. The molecule has 2 rings (SSSR count). The van der Waals surface area contributed by atoms with Crippen LogP contribution in [0.1, 0.15) is 26.0 Å². The molecule has 0 spiro atoms. The molecule has 2 heterocycles. The number of thiazole rings is 1. The number of imidazole rings is 1. The van der Waals surface area contributed by atoms with Gasteiger partial charge >= 0.3 is 0 Å². The van der Waals surface area contributed by atoms with Crippen molar-refractivity contribution in [3.05, 3.63) is 23.5 Å². The summed E-state index contributed by atoms with van der Waals surface area (Å²) in [5.74, 6) is 0.518. The smallest absolute Gasteiger partial charge is 0.193 e. The van der Waals surface area contributed by atoms with Gasteiger partial charge in [0.1, 0.15) is 0 Å².